The van der Waals surface area contributed by atoms with Crippen LogP contribution in [0.3, 0.4) is 0 Å². The number of aromatic amines is 1. The molecule has 2 rings (SSSR count). The van der Waals surface area contributed by atoms with Gasteiger partial charge in [-0.15, -0.1) is 0 Å². The average Bonchev–Trinajstić information content (AvgIpc) is 2.47. The fraction of sp³-hybridized carbons (Fsp3) is 0.100. The van der Waals surface area contributed by atoms with E-state index in [1.807, 2.05) is 0 Å². The van der Waals surface area contributed by atoms with E-state index in [-0.39, 0.29) is 6.42 Å². The molecule has 0 spiro atoms. The molecule has 66 valence electrons. The average molecular weight is 177 g/mol. The van der Waals surface area contributed by atoms with Crippen LogP contribution in [-0.2, 0) is 11.2 Å². The number of fused-ring (bicyclic) bond motifs is 1. The smallest absolute Gasteiger partial charge is 0.307 e. The van der Waals surface area contributed by atoms with Gasteiger partial charge in [0.2, 0.25) is 0 Å². The second-order valence-corrected chi connectivity index (χ2v) is 2.86. The van der Waals surface area contributed by atoms with Gasteiger partial charge >= 0.3 is 5.97 Å². The minimum Gasteiger partial charge on any atom is -0.481 e. The highest BCUT2D eigenvalue weighted by atomic mass is 16.4. The quantitative estimate of drug-likeness (QED) is 0.734. The normalized spacial score (nSPS) is 11.5. The number of carbonyl (C=O) groups is 1. The van der Waals surface area contributed by atoms with Crippen molar-refractivity contribution in [1.29, 1.82) is 0 Å². The summed E-state index contributed by atoms with van der Waals surface area (Å²) in [7, 11) is 0. The summed E-state index contributed by atoms with van der Waals surface area (Å²) in [5.41, 5.74) is 1.57. The number of para-hydroxylation sites is 1. The summed E-state index contributed by atoms with van der Waals surface area (Å²) in [6.45, 7) is 0. The number of aromatic nitrogens is 1. The molecule has 1 heterocycles. The van der Waals surface area contributed by atoms with Gasteiger partial charge in [-0.05, 0) is 11.6 Å². The third kappa shape index (κ3) is 1.40. The van der Waals surface area contributed by atoms with Crippen molar-refractivity contribution in [2.45, 2.75) is 6.42 Å². The van der Waals surface area contributed by atoms with Crippen molar-refractivity contribution in [2.24, 2.45) is 0 Å². The number of carboxylic acids is 1. The fourth-order valence-electron chi connectivity index (χ4n) is 1.38. The van der Waals surface area contributed by atoms with E-state index in [0.29, 0.717) is 6.04 Å². The molecule has 0 aliphatic carbocycles. The van der Waals surface area contributed by atoms with Crippen LogP contribution in [0.5, 0.6) is 0 Å². The molecule has 0 saturated heterocycles. The Morgan fingerprint density at radius 1 is 1.62 bits per heavy atom. The minimum atomic E-state index is -0.846. The first kappa shape index (κ1) is 6.71. The molecule has 0 aliphatic heterocycles. The maximum Gasteiger partial charge on any atom is 0.307 e. The number of carboxylic acid groups (broad SMARTS) is 1. The van der Waals surface area contributed by atoms with E-state index in [9.17, 15) is 4.79 Å². The molecular weight excluding hydrogens is 166 g/mol. The van der Waals surface area contributed by atoms with Crippen molar-refractivity contribution < 1.29 is 11.3 Å². The Morgan fingerprint density at radius 2 is 2.46 bits per heavy atom. The van der Waals surface area contributed by atoms with Crippen LogP contribution in [0.15, 0.2) is 30.4 Å². The summed E-state index contributed by atoms with van der Waals surface area (Å²) in [6, 6.07) is 5.52. The highest BCUT2D eigenvalue weighted by Crippen LogP contribution is 2.17. The van der Waals surface area contributed by atoms with E-state index in [0.717, 1.165) is 16.5 Å². The number of aliphatic carboxylic acids is 1. The van der Waals surface area contributed by atoms with Gasteiger partial charge in [0.05, 0.1) is 7.79 Å². The monoisotopic (exact) mass is 177 g/mol. The molecule has 0 radical (unpaired) electrons. The Bertz CT molecular complexity index is 490. The molecule has 0 bridgehead atoms. The molecule has 0 amide bonds. The van der Waals surface area contributed by atoms with Crippen LogP contribution in [0.25, 0.3) is 10.9 Å². The van der Waals surface area contributed by atoms with Crippen molar-refractivity contribution in [3.05, 3.63) is 36.0 Å². The van der Waals surface area contributed by atoms with Gasteiger partial charge in [0, 0.05) is 17.1 Å². The van der Waals surface area contributed by atoms with E-state index in [2.05, 4.69) is 4.98 Å². The number of H-pyrrole nitrogens is 1. The van der Waals surface area contributed by atoms with Crippen LogP contribution in [0, 0.1) is 0 Å². The molecule has 0 fully saturated rings. The zero-order valence-corrected chi connectivity index (χ0v) is 6.87. The molecule has 0 saturated carbocycles. The molecule has 1 aromatic heterocycles. The topological polar surface area (TPSA) is 53.1 Å². The highest BCUT2D eigenvalue weighted by molar-refractivity contribution is 5.86. The third-order valence-corrected chi connectivity index (χ3v) is 1.95. The zero-order valence-electron chi connectivity index (χ0n) is 7.87. The summed E-state index contributed by atoms with van der Waals surface area (Å²) in [5.74, 6) is -0.846. The maximum atomic E-state index is 10.5. The predicted octanol–water partition coefficient (Wildman–Crippen LogP) is 1.79. The van der Waals surface area contributed by atoms with Gasteiger partial charge in [0.15, 0.2) is 0 Å². The van der Waals surface area contributed by atoms with E-state index in [1.165, 1.54) is 0 Å². The van der Waals surface area contributed by atoms with Crippen LogP contribution in [0.2, 0.25) is 0 Å². The number of rotatable bonds is 2. The first-order valence-corrected chi connectivity index (χ1v) is 3.95. The van der Waals surface area contributed by atoms with Crippen molar-refractivity contribution in [2.75, 3.05) is 0 Å². The third-order valence-electron chi connectivity index (χ3n) is 1.95. The van der Waals surface area contributed by atoms with Crippen molar-refractivity contribution in [3.63, 3.8) is 0 Å². The van der Waals surface area contributed by atoms with Gasteiger partial charge in [-0.1, -0.05) is 18.2 Å². The lowest BCUT2D eigenvalue weighted by molar-refractivity contribution is -0.136. The molecule has 2 aromatic rings. The zero-order chi connectivity index (χ0) is 10.1. The lowest BCUT2D eigenvalue weighted by Gasteiger charge is -1.92. The summed E-state index contributed by atoms with van der Waals surface area (Å²) in [4.78, 5) is 13.5. The van der Waals surface area contributed by atoms with E-state index in [4.69, 9.17) is 6.48 Å². The summed E-state index contributed by atoms with van der Waals surface area (Å²) >= 11 is 0. The summed E-state index contributed by atoms with van der Waals surface area (Å²) in [6.07, 6.45) is 1.69. The molecule has 0 aliphatic rings. The van der Waals surface area contributed by atoms with Gasteiger partial charge in [-0.25, -0.2) is 0 Å². The van der Waals surface area contributed by atoms with Crippen molar-refractivity contribution in [1.82, 2.24) is 4.98 Å². The van der Waals surface area contributed by atoms with Gasteiger partial charge in [-0.2, -0.15) is 0 Å². The molecule has 2 N–H and O–H groups in total. The second-order valence-electron chi connectivity index (χ2n) is 2.86. The molecule has 3 heteroatoms. The number of hydrogen-bond acceptors (Lipinski definition) is 1. The molecule has 13 heavy (non-hydrogen) atoms. The largest absolute Gasteiger partial charge is 0.481 e. The minimum absolute atomic E-state index is 0.0113. The van der Waals surface area contributed by atoms with Gasteiger partial charge in [0.1, 0.15) is 0 Å². The second kappa shape index (κ2) is 2.94. The molecule has 3 nitrogen and oxygen atoms in total. The van der Waals surface area contributed by atoms with Crippen LogP contribution >= 0.6 is 0 Å². The number of nitrogens with one attached hydrogen (secondary N) is 1. The van der Waals surface area contributed by atoms with Gasteiger partial charge < -0.3 is 10.1 Å². The lowest BCUT2D eigenvalue weighted by atomic mass is 10.1. The predicted molar refractivity (Wildman–Crippen MR) is 49.6 cm³/mol. The van der Waals surface area contributed by atoms with E-state index < -0.39 is 5.97 Å². The molecule has 0 unspecified atom stereocenters. The Hall–Kier alpha value is -1.77. The van der Waals surface area contributed by atoms with Crippen LogP contribution in [0.4, 0.5) is 0 Å². The van der Waals surface area contributed by atoms with Crippen LogP contribution in [0.1, 0.15) is 6.93 Å². The van der Waals surface area contributed by atoms with E-state index in [1.54, 1.807) is 24.4 Å². The Balaban J connectivity index is 2.52. The Kier molecular flexibility index (Phi) is 1.52. The van der Waals surface area contributed by atoms with Gasteiger partial charge in [-0.3, -0.25) is 4.79 Å². The van der Waals surface area contributed by atoms with Crippen LogP contribution in [-0.4, -0.2) is 16.1 Å². The summed E-state index contributed by atoms with van der Waals surface area (Å²) in [5, 5.41) is 9.53. The first-order chi connectivity index (χ1) is 6.66. The Labute approximate surface area is 76.4 Å². The highest BCUT2D eigenvalue weighted by Gasteiger charge is 2.05. The van der Waals surface area contributed by atoms with Crippen LogP contribution < -0.4 is 0 Å². The standard InChI is InChI=1S/C10H9NO2/c12-10(13)5-7-6-11-9-4-2-1-3-8(7)9/h1-4,6,11H,5H2,(H,12,13)/i2T. The molecular formula is C10H9NO2. The van der Waals surface area contributed by atoms with Crippen molar-refractivity contribution in [3.8, 4) is 0 Å². The lowest BCUT2D eigenvalue weighted by Crippen LogP contribution is -1.98. The summed E-state index contributed by atoms with van der Waals surface area (Å²) < 4.78 is 7.39. The SMILES string of the molecule is [3H]c1ccc2c(CC(=O)O)c[nH]c2c1. The van der Waals surface area contributed by atoms with Gasteiger partial charge in [0.25, 0.3) is 0 Å². The molecule has 0 atom stereocenters. The fourth-order valence-corrected chi connectivity index (χ4v) is 1.38. The Morgan fingerprint density at radius 3 is 3.23 bits per heavy atom. The first-order valence-electron chi connectivity index (χ1n) is 4.45. The molecule has 1 aromatic carbocycles. The maximum absolute atomic E-state index is 10.5. The number of hydrogen-bond donors (Lipinski definition) is 2. The van der Waals surface area contributed by atoms with E-state index >= 15 is 0 Å². The number of benzene rings is 1. The van der Waals surface area contributed by atoms with Crippen molar-refractivity contribution >= 4 is 16.9 Å².